The van der Waals surface area contributed by atoms with Crippen LogP contribution in [0.2, 0.25) is 0 Å². The fourth-order valence-corrected chi connectivity index (χ4v) is 6.84. The van der Waals surface area contributed by atoms with Gasteiger partial charge in [-0.25, -0.2) is 4.79 Å². The van der Waals surface area contributed by atoms with Gasteiger partial charge < -0.3 is 9.47 Å². The van der Waals surface area contributed by atoms with Gasteiger partial charge in [0.15, 0.2) is 6.10 Å². The molecule has 0 unspecified atom stereocenters. The van der Waals surface area contributed by atoms with Gasteiger partial charge in [-0.05, 0) is 85.5 Å². The number of anilines is 1. The van der Waals surface area contributed by atoms with Crippen molar-refractivity contribution in [3.05, 3.63) is 95.6 Å². The number of carbonyl (C=O) groups is 4. The monoisotopic (exact) mass is 523 g/mol. The van der Waals surface area contributed by atoms with Gasteiger partial charge in [-0.1, -0.05) is 36.4 Å². The predicted molar refractivity (Wildman–Crippen MR) is 144 cm³/mol. The van der Waals surface area contributed by atoms with E-state index in [2.05, 4.69) is 12.1 Å². The Labute approximate surface area is 226 Å². The van der Waals surface area contributed by atoms with Crippen LogP contribution in [0.4, 0.5) is 5.69 Å². The second-order valence-corrected chi connectivity index (χ2v) is 10.7. The lowest BCUT2D eigenvalue weighted by molar-refractivity contribution is -0.123. The van der Waals surface area contributed by atoms with E-state index in [0.717, 1.165) is 12.8 Å². The van der Waals surface area contributed by atoms with Crippen molar-refractivity contribution in [2.24, 2.45) is 23.7 Å². The predicted octanol–water partition coefficient (Wildman–Crippen LogP) is 5.05. The van der Waals surface area contributed by atoms with Crippen LogP contribution >= 0.6 is 0 Å². The fourth-order valence-electron chi connectivity index (χ4n) is 6.84. The van der Waals surface area contributed by atoms with Gasteiger partial charge in [-0.3, -0.25) is 19.3 Å². The summed E-state index contributed by atoms with van der Waals surface area (Å²) in [7, 11) is 1.54. The van der Waals surface area contributed by atoms with Gasteiger partial charge in [-0.15, -0.1) is 0 Å². The molecule has 2 bridgehead atoms. The molecule has 0 aromatic heterocycles. The molecule has 39 heavy (non-hydrogen) atoms. The summed E-state index contributed by atoms with van der Waals surface area (Å²) in [4.78, 5) is 54.1. The number of benzene rings is 3. The fraction of sp³-hybridized carbons (Fsp3) is 0.312. The molecule has 1 heterocycles. The van der Waals surface area contributed by atoms with Gasteiger partial charge in [0.2, 0.25) is 17.6 Å². The molecular weight excluding hydrogens is 494 g/mol. The number of ketones is 1. The molecule has 3 aliphatic rings. The van der Waals surface area contributed by atoms with Crippen LogP contribution in [0, 0.1) is 23.7 Å². The number of carbonyl (C=O) groups excluding carboxylic acids is 4. The van der Waals surface area contributed by atoms with Crippen molar-refractivity contribution in [1.82, 2.24) is 0 Å². The van der Waals surface area contributed by atoms with E-state index < -0.39 is 12.1 Å². The molecule has 0 N–H and O–H groups in total. The Morgan fingerprint density at radius 3 is 2.28 bits per heavy atom. The van der Waals surface area contributed by atoms with Crippen LogP contribution in [-0.4, -0.2) is 36.8 Å². The number of Topliss-reactive ketones (excluding diaryl/α,β-unsaturated/α-hetero) is 1. The maximum atomic E-state index is 13.7. The van der Waals surface area contributed by atoms with E-state index in [1.165, 1.54) is 30.6 Å². The first-order valence-corrected chi connectivity index (χ1v) is 13.3. The zero-order valence-electron chi connectivity index (χ0n) is 21.8. The molecule has 0 radical (unpaired) electrons. The zero-order chi connectivity index (χ0) is 27.3. The topological polar surface area (TPSA) is 90.0 Å². The second-order valence-electron chi connectivity index (χ2n) is 10.7. The summed E-state index contributed by atoms with van der Waals surface area (Å²) in [6.45, 7) is 1.52. The number of rotatable bonds is 7. The minimum atomic E-state index is -1.02. The van der Waals surface area contributed by atoms with Crippen molar-refractivity contribution in [1.29, 1.82) is 0 Å². The maximum Gasteiger partial charge on any atom is 0.338 e. The summed E-state index contributed by atoms with van der Waals surface area (Å²) in [6, 6.07) is 23.1. The van der Waals surface area contributed by atoms with E-state index in [4.69, 9.17) is 9.47 Å². The van der Waals surface area contributed by atoms with Crippen LogP contribution in [0.1, 0.15) is 52.0 Å². The van der Waals surface area contributed by atoms with E-state index in [1.54, 1.807) is 42.5 Å². The van der Waals surface area contributed by atoms with Gasteiger partial charge in [-0.2, -0.15) is 0 Å². The number of hydrogen-bond donors (Lipinski definition) is 0. The number of fused-ring (bicyclic) bond motifs is 5. The van der Waals surface area contributed by atoms with Crippen LogP contribution in [0.3, 0.4) is 0 Å². The number of amides is 2. The maximum absolute atomic E-state index is 13.7. The minimum absolute atomic E-state index is 0.141. The number of ether oxygens (including phenoxy) is 2. The van der Waals surface area contributed by atoms with E-state index in [9.17, 15) is 19.2 Å². The van der Waals surface area contributed by atoms with E-state index in [0.29, 0.717) is 17.0 Å². The molecule has 7 heteroatoms. The van der Waals surface area contributed by atoms with E-state index in [1.807, 2.05) is 18.2 Å². The highest BCUT2D eigenvalue weighted by molar-refractivity contribution is 6.23. The number of hydrogen-bond acceptors (Lipinski definition) is 6. The average molecular weight is 524 g/mol. The van der Waals surface area contributed by atoms with Gasteiger partial charge in [0.05, 0.1) is 30.2 Å². The highest BCUT2D eigenvalue weighted by Crippen LogP contribution is 2.61. The Morgan fingerprint density at radius 2 is 1.56 bits per heavy atom. The molecule has 0 spiro atoms. The van der Waals surface area contributed by atoms with Gasteiger partial charge in [0.25, 0.3) is 0 Å². The first kappa shape index (κ1) is 25.0. The number of nitrogens with zero attached hydrogens (tertiary/aromatic N) is 1. The Balaban J connectivity index is 1.18. The summed E-state index contributed by atoms with van der Waals surface area (Å²) in [5.74, 6) is -0.833. The molecule has 2 amide bonds. The quantitative estimate of drug-likeness (QED) is 0.245. The lowest BCUT2D eigenvalue weighted by atomic mass is 9.73. The molecule has 2 aliphatic carbocycles. The average Bonchev–Trinajstić information content (AvgIpc) is 3.64. The lowest BCUT2D eigenvalue weighted by Gasteiger charge is -2.28. The third kappa shape index (κ3) is 4.22. The standard InChI is InChI=1S/C32H29NO6/c1-18(29(34)20-11-13-24(38-2)14-12-20)39-32(37)21-9-6-10-23(15-21)33-30(35)27-22-16-25(19-7-4-3-5-8-19)26(17-22)28(27)31(33)36/h3-15,18,22,25-28H,16-17H2,1-2H3/t18-,22+,25-,26+,27+,28-/m0/s1. The van der Waals surface area contributed by atoms with Crippen molar-refractivity contribution < 1.29 is 28.7 Å². The van der Waals surface area contributed by atoms with Gasteiger partial charge in [0.1, 0.15) is 5.75 Å². The molecule has 6 atom stereocenters. The molecule has 6 rings (SSSR count). The molecule has 1 saturated heterocycles. The van der Waals surface area contributed by atoms with Crippen LogP contribution in [0.25, 0.3) is 0 Å². The molecule has 198 valence electrons. The van der Waals surface area contributed by atoms with Crippen LogP contribution in [0.15, 0.2) is 78.9 Å². The van der Waals surface area contributed by atoms with Crippen LogP contribution in [0.5, 0.6) is 5.75 Å². The number of imide groups is 1. The number of methoxy groups -OCH3 is 1. The molecule has 3 aromatic carbocycles. The minimum Gasteiger partial charge on any atom is -0.497 e. The third-order valence-electron chi connectivity index (χ3n) is 8.61. The highest BCUT2D eigenvalue weighted by Gasteiger charge is 2.64. The van der Waals surface area contributed by atoms with Crippen molar-refractivity contribution in [2.75, 3.05) is 12.0 Å². The van der Waals surface area contributed by atoms with Crippen molar-refractivity contribution >= 4 is 29.3 Å². The molecular formula is C32H29NO6. The molecule has 3 aromatic rings. The smallest absolute Gasteiger partial charge is 0.338 e. The summed E-state index contributed by atoms with van der Waals surface area (Å²) < 4.78 is 10.6. The summed E-state index contributed by atoms with van der Waals surface area (Å²) in [6.07, 6.45) is 0.788. The lowest BCUT2D eigenvalue weighted by Crippen LogP contribution is -2.33. The Bertz CT molecular complexity index is 1450. The van der Waals surface area contributed by atoms with Crippen LogP contribution in [-0.2, 0) is 14.3 Å². The zero-order valence-corrected chi connectivity index (χ0v) is 21.8. The first-order chi connectivity index (χ1) is 18.9. The van der Waals surface area contributed by atoms with Crippen molar-refractivity contribution in [2.45, 2.75) is 31.8 Å². The Hall–Kier alpha value is -4.26. The Morgan fingerprint density at radius 1 is 0.846 bits per heavy atom. The van der Waals surface area contributed by atoms with Gasteiger partial charge in [0, 0.05) is 5.56 Å². The second kappa shape index (κ2) is 9.80. The molecule has 3 fully saturated rings. The molecule has 1 aliphatic heterocycles. The third-order valence-corrected chi connectivity index (χ3v) is 8.61. The number of esters is 1. The van der Waals surface area contributed by atoms with Crippen molar-refractivity contribution in [3.63, 3.8) is 0 Å². The van der Waals surface area contributed by atoms with Gasteiger partial charge >= 0.3 is 5.97 Å². The molecule has 2 saturated carbocycles. The van der Waals surface area contributed by atoms with E-state index in [-0.39, 0.29) is 52.8 Å². The first-order valence-electron chi connectivity index (χ1n) is 13.3. The summed E-state index contributed by atoms with van der Waals surface area (Å²) in [5, 5.41) is 0. The van der Waals surface area contributed by atoms with Crippen LogP contribution < -0.4 is 9.64 Å². The van der Waals surface area contributed by atoms with Crippen molar-refractivity contribution in [3.8, 4) is 5.75 Å². The molecule has 7 nitrogen and oxygen atoms in total. The Kier molecular flexibility index (Phi) is 6.29. The largest absolute Gasteiger partial charge is 0.497 e. The van der Waals surface area contributed by atoms with E-state index >= 15 is 0 Å². The normalized spacial score (nSPS) is 25.9. The highest BCUT2D eigenvalue weighted by atomic mass is 16.5. The summed E-state index contributed by atoms with van der Waals surface area (Å²) >= 11 is 0. The SMILES string of the molecule is COc1ccc(C(=O)[C@H](C)OC(=O)c2cccc(N3C(=O)[C@@H]4[C@H]5C[C@@H]([C@@H]4C3=O)[C@H](c3ccccc3)C5)c2)cc1. The summed E-state index contributed by atoms with van der Waals surface area (Å²) in [5.41, 5.74) is 2.15.